The molecule has 1 atom stereocenters. The molecule has 1 fully saturated rings. The number of aromatic nitrogens is 3. The third kappa shape index (κ3) is 3.52. The van der Waals surface area contributed by atoms with Crippen LogP contribution in [0.25, 0.3) is 0 Å². The Bertz CT molecular complexity index is 749. The molecule has 0 saturated carbocycles. The number of nitrogens with zero attached hydrogens (tertiary/aromatic N) is 3. The van der Waals surface area contributed by atoms with Crippen LogP contribution >= 0.6 is 0 Å². The van der Waals surface area contributed by atoms with E-state index in [0.29, 0.717) is 5.88 Å². The molecular weight excluding hydrogens is 316 g/mol. The monoisotopic (exact) mass is 340 g/mol. The molecule has 2 aliphatic rings. The molecule has 132 valence electrons. The molecule has 0 aromatic carbocycles. The number of imidazole rings is 1. The second-order valence-corrected chi connectivity index (χ2v) is 7.03. The Balaban J connectivity index is 1.30. The number of hydrogen-bond donors (Lipinski definition) is 1. The van der Waals surface area contributed by atoms with E-state index in [0.717, 1.165) is 62.3 Å². The van der Waals surface area contributed by atoms with E-state index in [1.807, 2.05) is 30.0 Å². The van der Waals surface area contributed by atoms with Gasteiger partial charge in [0.1, 0.15) is 6.10 Å². The number of fused-ring (bicyclic) bond motifs is 1. The van der Waals surface area contributed by atoms with Crippen molar-refractivity contribution in [3.05, 3.63) is 41.6 Å². The van der Waals surface area contributed by atoms with Crippen molar-refractivity contribution in [2.75, 3.05) is 13.1 Å². The number of carbonyl (C=O) groups is 1. The number of ether oxygens (including phenoxy) is 1. The molecule has 1 saturated heterocycles. The van der Waals surface area contributed by atoms with Gasteiger partial charge in [-0.25, -0.2) is 9.97 Å². The van der Waals surface area contributed by atoms with Crippen molar-refractivity contribution in [1.82, 2.24) is 19.9 Å². The number of aryl methyl sites for hydroxylation is 2. The molecule has 0 bridgehead atoms. The SMILES string of the molecule is Cc1cccc(OC2CCN(C(=O)C3CCc4nc[nH]c4C3)CC2)n1. The Kier molecular flexibility index (Phi) is 4.42. The van der Waals surface area contributed by atoms with E-state index < -0.39 is 0 Å². The Morgan fingerprint density at radius 1 is 1.28 bits per heavy atom. The minimum atomic E-state index is 0.0869. The number of piperidine rings is 1. The van der Waals surface area contributed by atoms with E-state index in [1.54, 1.807) is 6.33 Å². The highest BCUT2D eigenvalue weighted by atomic mass is 16.5. The number of rotatable bonds is 3. The van der Waals surface area contributed by atoms with Crippen molar-refractivity contribution in [3.8, 4) is 5.88 Å². The maximum Gasteiger partial charge on any atom is 0.226 e. The van der Waals surface area contributed by atoms with Crippen LogP contribution in [0.15, 0.2) is 24.5 Å². The summed E-state index contributed by atoms with van der Waals surface area (Å²) >= 11 is 0. The second-order valence-electron chi connectivity index (χ2n) is 7.03. The van der Waals surface area contributed by atoms with Gasteiger partial charge in [-0.2, -0.15) is 0 Å². The quantitative estimate of drug-likeness (QED) is 0.930. The lowest BCUT2D eigenvalue weighted by atomic mass is 9.88. The molecular formula is C19H24N4O2. The molecule has 2 aromatic heterocycles. The van der Waals surface area contributed by atoms with Gasteiger partial charge >= 0.3 is 0 Å². The number of amides is 1. The van der Waals surface area contributed by atoms with E-state index in [2.05, 4.69) is 15.0 Å². The highest BCUT2D eigenvalue weighted by Crippen LogP contribution is 2.26. The first-order valence-electron chi connectivity index (χ1n) is 9.09. The van der Waals surface area contributed by atoms with Crippen molar-refractivity contribution in [2.45, 2.75) is 45.1 Å². The number of hydrogen-bond acceptors (Lipinski definition) is 4. The first-order valence-corrected chi connectivity index (χ1v) is 9.09. The van der Waals surface area contributed by atoms with Gasteiger partial charge in [-0.15, -0.1) is 0 Å². The Morgan fingerprint density at radius 3 is 2.92 bits per heavy atom. The average molecular weight is 340 g/mol. The predicted octanol–water partition coefficient (Wildman–Crippen LogP) is 2.29. The smallest absolute Gasteiger partial charge is 0.226 e. The van der Waals surface area contributed by atoms with E-state index in [-0.39, 0.29) is 17.9 Å². The van der Waals surface area contributed by atoms with Gasteiger partial charge in [-0.05, 0) is 25.8 Å². The predicted molar refractivity (Wildman–Crippen MR) is 93.3 cm³/mol. The van der Waals surface area contributed by atoms with Gasteiger partial charge in [0.15, 0.2) is 0 Å². The summed E-state index contributed by atoms with van der Waals surface area (Å²) in [4.78, 5) is 26.7. The molecule has 1 amide bonds. The molecule has 1 aliphatic carbocycles. The Morgan fingerprint density at radius 2 is 2.12 bits per heavy atom. The van der Waals surface area contributed by atoms with Gasteiger partial charge in [0.2, 0.25) is 11.8 Å². The summed E-state index contributed by atoms with van der Waals surface area (Å²) in [5.74, 6) is 1.06. The highest BCUT2D eigenvalue weighted by Gasteiger charge is 2.32. The maximum absolute atomic E-state index is 12.8. The summed E-state index contributed by atoms with van der Waals surface area (Å²) in [5.41, 5.74) is 3.22. The number of H-pyrrole nitrogens is 1. The summed E-state index contributed by atoms with van der Waals surface area (Å²) in [6.07, 6.45) is 6.20. The van der Waals surface area contributed by atoms with Gasteiger partial charge in [0.05, 0.1) is 12.0 Å². The molecule has 2 aromatic rings. The minimum absolute atomic E-state index is 0.0869. The molecule has 3 heterocycles. The molecule has 1 N–H and O–H groups in total. The van der Waals surface area contributed by atoms with Crippen molar-refractivity contribution in [1.29, 1.82) is 0 Å². The number of nitrogens with one attached hydrogen (secondary N) is 1. The summed E-state index contributed by atoms with van der Waals surface area (Å²) in [6, 6.07) is 5.82. The first kappa shape index (κ1) is 16.1. The lowest BCUT2D eigenvalue weighted by Crippen LogP contribution is -2.45. The molecule has 1 aliphatic heterocycles. The van der Waals surface area contributed by atoms with Crippen molar-refractivity contribution < 1.29 is 9.53 Å². The fourth-order valence-corrected chi connectivity index (χ4v) is 3.82. The summed E-state index contributed by atoms with van der Waals surface area (Å²) < 4.78 is 5.98. The van der Waals surface area contributed by atoms with Crippen molar-refractivity contribution in [3.63, 3.8) is 0 Å². The van der Waals surface area contributed by atoms with Crippen LogP contribution in [0.5, 0.6) is 5.88 Å². The van der Waals surface area contributed by atoms with Crippen LogP contribution in [-0.2, 0) is 17.6 Å². The number of likely N-dealkylation sites (tertiary alicyclic amines) is 1. The van der Waals surface area contributed by atoms with Gasteiger partial charge < -0.3 is 14.6 Å². The van der Waals surface area contributed by atoms with Crippen LogP contribution in [0.2, 0.25) is 0 Å². The van der Waals surface area contributed by atoms with E-state index in [4.69, 9.17) is 4.74 Å². The van der Waals surface area contributed by atoms with Crippen LogP contribution in [0.3, 0.4) is 0 Å². The van der Waals surface area contributed by atoms with Crippen molar-refractivity contribution in [2.24, 2.45) is 5.92 Å². The van der Waals surface area contributed by atoms with Crippen LogP contribution in [0, 0.1) is 12.8 Å². The first-order chi connectivity index (χ1) is 12.2. The Labute approximate surface area is 147 Å². The van der Waals surface area contributed by atoms with E-state index in [1.165, 1.54) is 0 Å². The largest absolute Gasteiger partial charge is 0.474 e. The maximum atomic E-state index is 12.8. The van der Waals surface area contributed by atoms with Crippen LogP contribution in [0.1, 0.15) is 36.3 Å². The zero-order chi connectivity index (χ0) is 17.2. The van der Waals surface area contributed by atoms with Crippen LogP contribution < -0.4 is 4.74 Å². The zero-order valence-corrected chi connectivity index (χ0v) is 14.6. The summed E-state index contributed by atoms with van der Waals surface area (Å²) in [7, 11) is 0. The normalized spacial score (nSPS) is 21.0. The summed E-state index contributed by atoms with van der Waals surface area (Å²) in [5, 5.41) is 0. The van der Waals surface area contributed by atoms with Gasteiger partial charge in [0, 0.05) is 55.7 Å². The highest BCUT2D eigenvalue weighted by molar-refractivity contribution is 5.79. The molecule has 25 heavy (non-hydrogen) atoms. The van der Waals surface area contributed by atoms with Crippen LogP contribution in [-0.4, -0.2) is 45.0 Å². The van der Waals surface area contributed by atoms with Gasteiger partial charge in [-0.1, -0.05) is 6.07 Å². The molecule has 6 nitrogen and oxygen atoms in total. The minimum Gasteiger partial charge on any atom is -0.474 e. The fraction of sp³-hybridized carbons (Fsp3) is 0.526. The average Bonchev–Trinajstić information content (AvgIpc) is 3.09. The van der Waals surface area contributed by atoms with Crippen molar-refractivity contribution >= 4 is 5.91 Å². The summed E-state index contributed by atoms with van der Waals surface area (Å²) in [6.45, 7) is 3.49. The van der Waals surface area contributed by atoms with Gasteiger partial charge in [0.25, 0.3) is 0 Å². The van der Waals surface area contributed by atoms with Gasteiger partial charge in [-0.3, -0.25) is 4.79 Å². The van der Waals surface area contributed by atoms with E-state index in [9.17, 15) is 4.79 Å². The standard InChI is InChI=1S/C19H24N4O2/c1-13-3-2-4-18(22-13)25-15-7-9-23(10-8-15)19(24)14-5-6-16-17(11-14)21-12-20-16/h2-4,12,14-15H,5-11H2,1H3,(H,20,21). The van der Waals surface area contributed by atoms with E-state index >= 15 is 0 Å². The molecule has 0 spiro atoms. The lowest BCUT2D eigenvalue weighted by Gasteiger charge is -2.35. The third-order valence-electron chi connectivity index (χ3n) is 5.24. The lowest BCUT2D eigenvalue weighted by molar-refractivity contribution is -0.137. The number of pyridine rings is 1. The van der Waals surface area contributed by atoms with Crippen LogP contribution in [0.4, 0.5) is 0 Å². The third-order valence-corrected chi connectivity index (χ3v) is 5.24. The fourth-order valence-electron chi connectivity index (χ4n) is 3.82. The number of carbonyl (C=O) groups excluding carboxylic acids is 1. The molecule has 1 unspecified atom stereocenters. The zero-order valence-electron chi connectivity index (χ0n) is 14.6. The topological polar surface area (TPSA) is 71.1 Å². The molecule has 6 heteroatoms. The number of aromatic amines is 1. The second kappa shape index (κ2) is 6.86. The molecule has 0 radical (unpaired) electrons. The molecule has 4 rings (SSSR count). The Hall–Kier alpha value is -2.37.